The van der Waals surface area contributed by atoms with Crippen LogP contribution in [0.2, 0.25) is 0 Å². The van der Waals surface area contributed by atoms with Gasteiger partial charge < -0.3 is 5.11 Å². The smallest absolute Gasteiger partial charge is 0.324 e. The number of carbonyl (C=O) groups excluding carboxylic acids is 2. The van der Waals surface area contributed by atoms with Crippen molar-refractivity contribution in [2.24, 2.45) is 17.8 Å². The summed E-state index contributed by atoms with van der Waals surface area (Å²) in [6, 6.07) is 17.3. The zero-order valence-electron chi connectivity index (χ0n) is 19.1. The van der Waals surface area contributed by atoms with Gasteiger partial charge in [0.15, 0.2) is 0 Å². The van der Waals surface area contributed by atoms with E-state index < -0.39 is 35.3 Å². The number of hydrogen-bond donors (Lipinski definition) is 3. The minimum atomic E-state index is -1.43. The molecule has 6 nitrogen and oxygen atoms in total. The van der Waals surface area contributed by atoms with Crippen molar-refractivity contribution in [2.45, 2.75) is 50.1 Å². The SMILES string of the molecule is O=C1NC(=O)C2C1C(c1ccc(/C=C/c3ccccc3)cc1)NC2(CC1CCCCC1)C(=O)O. The minimum Gasteiger partial charge on any atom is -0.480 e. The van der Waals surface area contributed by atoms with Crippen LogP contribution in [-0.2, 0) is 14.4 Å². The Morgan fingerprint density at radius 1 is 0.912 bits per heavy atom. The lowest BCUT2D eigenvalue weighted by molar-refractivity contribution is -0.150. The maximum Gasteiger partial charge on any atom is 0.324 e. The molecule has 4 unspecified atom stereocenters. The van der Waals surface area contributed by atoms with Gasteiger partial charge in [-0.1, -0.05) is 98.9 Å². The van der Waals surface area contributed by atoms with E-state index in [2.05, 4.69) is 10.6 Å². The van der Waals surface area contributed by atoms with Crippen LogP contribution < -0.4 is 10.6 Å². The summed E-state index contributed by atoms with van der Waals surface area (Å²) in [5, 5.41) is 16.1. The van der Waals surface area contributed by atoms with E-state index in [4.69, 9.17) is 0 Å². The van der Waals surface area contributed by atoms with Crippen LogP contribution >= 0.6 is 0 Å². The molecule has 0 aromatic heterocycles. The molecule has 2 amide bonds. The van der Waals surface area contributed by atoms with Crippen molar-refractivity contribution in [1.82, 2.24) is 10.6 Å². The van der Waals surface area contributed by atoms with E-state index in [0.29, 0.717) is 6.42 Å². The van der Waals surface area contributed by atoms with Crippen molar-refractivity contribution in [3.63, 3.8) is 0 Å². The third kappa shape index (κ3) is 4.07. The Bertz CT molecular complexity index is 1100. The molecule has 0 spiro atoms. The van der Waals surface area contributed by atoms with Gasteiger partial charge in [-0.2, -0.15) is 0 Å². The number of benzene rings is 2. The zero-order valence-corrected chi connectivity index (χ0v) is 19.1. The Labute approximate surface area is 199 Å². The monoisotopic (exact) mass is 458 g/mol. The van der Waals surface area contributed by atoms with E-state index in [0.717, 1.165) is 42.4 Å². The Hall–Kier alpha value is -3.25. The van der Waals surface area contributed by atoms with E-state index in [1.807, 2.05) is 66.7 Å². The molecule has 1 aliphatic carbocycles. The summed E-state index contributed by atoms with van der Waals surface area (Å²) >= 11 is 0. The molecule has 2 saturated heterocycles. The Balaban J connectivity index is 1.43. The zero-order chi connectivity index (χ0) is 23.7. The van der Waals surface area contributed by atoms with Gasteiger partial charge in [0.25, 0.3) is 0 Å². The fourth-order valence-electron chi connectivity index (χ4n) is 6.10. The maximum atomic E-state index is 12.8. The normalized spacial score (nSPS) is 29.4. The number of hydrogen-bond acceptors (Lipinski definition) is 4. The van der Waals surface area contributed by atoms with E-state index in [1.165, 1.54) is 6.42 Å². The summed E-state index contributed by atoms with van der Waals surface area (Å²) in [7, 11) is 0. The van der Waals surface area contributed by atoms with Crippen molar-refractivity contribution in [1.29, 1.82) is 0 Å². The van der Waals surface area contributed by atoms with Crippen LogP contribution in [0.25, 0.3) is 12.2 Å². The fourth-order valence-corrected chi connectivity index (χ4v) is 6.10. The molecular weight excluding hydrogens is 428 g/mol. The Morgan fingerprint density at radius 3 is 2.21 bits per heavy atom. The number of carboxylic acids is 1. The second-order valence-corrected chi connectivity index (χ2v) is 9.87. The fraction of sp³-hybridized carbons (Fsp3) is 0.393. The molecule has 0 radical (unpaired) electrons. The average Bonchev–Trinajstić information content (AvgIpc) is 3.36. The van der Waals surface area contributed by atoms with Crippen LogP contribution in [-0.4, -0.2) is 28.4 Å². The quantitative estimate of drug-likeness (QED) is 0.446. The van der Waals surface area contributed by atoms with Gasteiger partial charge in [-0.15, -0.1) is 0 Å². The molecular formula is C28H30N2O4. The molecule has 4 atom stereocenters. The van der Waals surface area contributed by atoms with Crippen LogP contribution in [0.5, 0.6) is 0 Å². The first kappa shape index (κ1) is 22.5. The molecule has 2 heterocycles. The van der Waals surface area contributed by atoms with Gasteiger partial charge in [0.1, 0.15) is 5.54 Å². The first-order valence-electron chi connectivity index (χ1n) is 12.2. The summed E-state index contributed by atoms with van der Waals surface area (Å²) in [6.45, 7) is 0. The highest BCUT2D eigenvalue weighted by Gasteiger charge is 2.66. The first-order valence-corrected chi connectivity index (χ1v) is 12.2. The third-order valence-electron chi connectivity index (χ3n) is 7.77. The predicted molar refractivity (Wildman–Crippen MR) is 129 cm³/mol. The highest BCUT2D eigenvalue weighted by atomic mass is 16.4. The van der Waals surface area contributed by atoms with E-state index >= 15 is 0 Å². The lowest BCUT2D eigenvalue weighted by atomic mass is 9.72. The van der Waals surface area contributed by atoms with Gasteiger partial charge in [-0.05, 0) is 29.0 Å². The summed E-state index contributed by atoms with van der Waals surface area (Å²) in [6.07, 6.45) is 9.69. The molecule has 6 heteroatoms. The second kappa shape index (κ2) is 9.18. The third-order valence-corrected chi connectivity index (χ3v) is 7.77. The summed E-state index contributed by atoms with van der Waals surface area (Å²) in [5.41, 5.74) is 1.49. The molecule has 0 bridgehead atoms. The standard InChI is InChI=1S/C28H30N2O4/c31-25-22-23(26(32)29-25)28(27(33)34,17-20-9-5-2-6-10-20)30-24(22)21-15-13-19(14-16-21)12-11-18-7-3-1-4-8-18/h1,3-4,7-8,11-16,20,22-24,30H,2,5-6,9-10,17H2,(H,33,34)(H,29,31,32)/b12-11+. The van der Waals surface area contributed by atoms with Crippen molar-refractivity contribution >= 4 is 29.9 Å². The van der Waals surface area contributed by atoms with Gasteiger partial charge in [0, 0.05) is 6.04 Å². The lowest BCUT2D eigenvalue weighted by Crippen LogP contribution is -2.56. The van der Waals surface area contributed by atoms with Crippen molar-refractivity contribution in [3.8, 4) is 0 Å². The molecule has 3 N–H and O–H groups in total. The number of imide groups is 1. The molecule has 1 saturated carbocycles. The van der Waals surface area contributed by atoms with Crippen molar-refractivity contribution < 1.29 is 19.5 Å². The highest BCUT2D eigenvalue weighted by Crippen LogP contribution is 2.49. The number of carbonyl (C=O) groups is 3. The first-order chi connectivity index (χ1) is 16.5. The van der Waals surface area contributed by atoms with Gasteiger partial charge in [0.2, 0.25) is 11.8 Å². The largest absolute Gasteiger partial charge is 0.480 e. The molecule has 3 fully saturated rings. The van der Waals surface area contributed by atoms with E-state index in [9.17, 15) is 19.5 Å². The van der Waals surface area contributed by atoms with Crippen LogP contribution in [0.4, 0.5) is 0 Å². The molecule has 176 valence electrons. The van der Waals surface area contributed by atoms with Crippen molar-refractivity contribution in [2.75, 3.05) is 0 Å². The van der Waals surface area contributed by atoms with E-state index in [1.54, 1.807) is 0 Å². The average molecular weight is 459 g/mol. The van der Waals surface area contributed by atoms with Crippen LogP contribution in [0.15, 0.2) is 54.6 Å². The highest BCUT2D eigenvalue weighted by molar-refractivity contribution is 6.09. The van der Waals surface area contributed by atoms with Gasteiger partial charge >= 0.3 is 5.97 Å². The van der Waals surface area contributed by atoms with Crippen LogP contribution in [0, 0.1) is 17.8 Å². The topological polar surface area (TPSA) is 95.5 Å². The Morgan fingerprint density at radius 2 is 1.56 bits per heavy atom. The van der Waals surface area contributed by atoms with Crippen molar-refractivity contribution in [3.05, 3.63) is 71.3 Å². The number of nitrogens with one attached hydrogen (secondary N) is 2. The number of fused-ring (bicyclic) bond motifs is 1. The molecule has 2 aliphatic heterocycles. The minimum absolute atomic E-state index is 0.241. The molecule has 2 aromatic rings. The molecule has 2 aromatic carbocycles. The lowest BCUT2D eigenvalue weighted by Gasteiger charge is -2.35. The number of carboxylic acid groups (broad SMARTS) is 1. The number of aliphatic carboxylic acids is 1. The molecule has 3 aliphatic rings. The van der Waals surface area contributed by atoms with Crippen LogP contribution in [0.1, 0.15) is 61.3 Å². The molecule has 34 heavy (non-hydrogen) atoms. The molecule has 5 rings (SSSR count). The van der Waals surface area contributed by atoms with Gasteiger partial charge in [-0.3, -0.25) is 25.0 Å². The van der Waals surface area contributed by atoms with Gasteiger partial charge in [-0.25, -0.2) is 0 Å². The second-order valence-electron chi connectivity index (χ2n) is 9.87. The summed E-state index contributed by atoms with van der Waals surface area (Å²) in [4.78, 5) is 38.3. The predicted octanol–water partition coefficient (Wildman–Crippen LogP) is 4.18. The Kier molecular flexibility index (Phi) is 6.09. The van der Waals surface area contributed by atoms with Crippen LogP contribution in [0.3, 0.4) is 0 Å². The number of rotatable bonds is 6. The maximum absolute atomic E-state index is 12.8. The summed E-state index contributed by atoms with van der Waals surface area (Å²) < 4.78 is 0. The van der Waals surface area contributed by atoms with Gasteiger partial charge in [0.05, 0.1) is 11.8 Å². The summed E-state index contributed by atoms with van der Waals surface area (Å²) in [5.74, 6) is -3.27. The van der Waals surface area contributed by atoms with E-state index in [-0.39, 0.29) is 11.8 Å². The number of amides is 2.